The Kier molecular flexibility index (Phi) is 6.33. The molecule has 0 aromatic heterocycles. The minimum absolute atomic E-state index is 0.00627. The monoisotopic (exact) mass is 368 g/mol. The van der Waals surface area contributed by atoms with Gasteiger partial charge in [0.25, 0.3) is 0 Å². The number of rotatable bonds is 2. The van der Waals surface area contributed by atoms with Crippen molar-refractivity contribution in [2.45, 2.75) is 88.3 Å². The normalized spacial score (nSPS) is 42.4. The molecule has 2 saturated heterocycles. The molecule has 6 atom stereocenters. The molecule has 6 unspecified atom stereocenters. The van der Waals surface area contributed by atoms with Crippen molar-refractivity contribution in [1.29, 1.82) is 0 Å². The number of ether oxygens (including phenoxy) is 1. The highest BCUT2D eigenvalue weighted by atomic mass is 16.5. The first-order valence-corrected chi connectivity index (χ1v) is 9.32. The van der Waals surface area contributed by atoms with E-state index < -0.39 is 35.3 Å². The summed E-state index contributed by atoms with van der Waals surface area (Å²) in [6, 6.07) is 0. The zero-order chi connectivity index (χ0) is 19.7. The third-order valence-corrected chi connectivity index (χ3v) is 6.21. The molecule has 2 aliphatic heterocycles. The maximum atomic E-state index is 11.4. The summed E-state index contributed by atoms with van der Waals surface area (Å²) in [5.41, 5.74) is -1.26. The van der Waals surface area contributed by atoms with Crippen molar-refractivity contribution < 1.29 is 30.0 Å². The Hall–Kier alpha value is -1.21. The molecular weight excluding hydrogens is 336 g/mol. The molecule has 26 heavy (non-hydrogen) atoms. The van der Waals surface area contributed by atoms with E-state index in [2.05, 4.69) is 13.2 Å². The van der Waals surface area contributed by atoms with E-state index in [1.807, 2.05) is 6.92 Å². The van der Waals surface area contributed by atoms with Gasteiger partial charge in [0.2, 0.25) is 0 Å². The van der Waals surface area contributed by atoms with E-state index >= 15 is 0 Å². The SMILES string of the molecule is C=C(C(=O)O)C1CCC(C)(O)C(O)CCC(=C)C2CCC(C)(O2)C(O)C1. The standard InChI is InChI=1S/C20H32O6/c1-12-5-6-16(21)19(3,25)9-7-14(13(2)18(23)24)11-17(22)20(4)10-8-15(12)26-20/h14-17,21-22,25H,1-2,5-11H2,3-4H3,(H,23,24). The maximum absolute atomic E-state index is 11.4. The Bertz CT molecular complexity index is 569. The van der Waals surface area contributed by atoms with Crippen molar-refractivity contribution in [3.05, 3.63) is 24.3 Å². The molecule has 0 spiro atoms. The van der Waals surface area contributed by atoms with Crippen LogP contribution in [0.15, 0.2) is 24.3 Å². The molecule has 0 radical (unpaired) electrons. The lowest BCUT2D eigenvalue weighted by molar-refractivity contribution is -0.134. The molecule has 2 bridgehead atoms. The van der Waals surface area contributed by atoms with Gasteiger partial charge in [-0.1, -0.05) is 13.2 Å². The van der Waals surface area contributed by atoms with E-state index in [4.69, 9.17) is 4.74 Å². The number of aliphatic hydroxyl groups is 3. The number of carboxylic acid groups (broad SMARTS) is 1. The number of carboxylic acids is 1. The van der Waals surface area contributed by atoms with Crippen LogP contribution in [0.2, 0.25) is 0 Å². The molecule has 148 valence electrons. The number of fused-ring (bicyclic) bond motifs is 2. The third-order valence-electron chi connectivity index (χ3n) is 6.21. The van der Waals surface area contributed by atoms with Gasteiger partial charge in [-0.15, -0.1) is 0 Å². The lowest BCUT2D eigenvalue weighted by Crippen LogP contribution is -2.42. The highest BCUT2D eigenvalue weighted by Crippen LogP contribution is 2.40. The Morgan fingerprint density at radius 2 is 1.81 bits per heavy atom. The predicted molar refractivity (Wildman–Crippen MR) is 97.6 cm³/mol. The van der Waals surface area contributed by atoms with Gasteiger partial charge in [-0.3, -0.25) is 0 Å². The van der Waals surface area contributed by atoms with Gasteiger partial charge in [-0.25, -0.2) is 4.79 Å². The van der Waals surface area contributed by atoms with E-state index in [1.54, 1.807) is 6.92 Å². The first kappa shape index (κ1) is 21.1. The van der Waals surface area contributed by atoms with Gasteiger partial charge in [-0.2, -0.15) is 0 Å². The van der Waals surface area contributed by atoms with E-state index in [0.717, 1.165) is 12.0 Å². The lowest BCUT2D eigenvalue weighted by Gasteiger charge is -2.34. The third kappa shape index (κ3) is 4.55. The first-order chi connectivity index (χ1) is 12.0. The zero-order valence-electron chi connectivity index (χ0n) is 15.8. The minimum Gasteiger partial charge on any atom is -0.478 e. The van der Waals surface area contributed by atoms with Gasteiger partial charge >= 0.3 is 5.97 Å². The van der Waals surface area contributed by atoms with Crippen molar-refractivity contribution in [1.82, 2.24) is 0 Å². The summed E-state index contributed by atoms with van der Waals surface area (Å²) in [7, 11) is 0. The van der Waals surface area contributed by atoms with Crippen molar-refractivity contribution in [2.75, 3.05) is 0 Å². The summed E-state index contributed by atoms with van der Waals surface area (Å²) >= 11 is 0. The highest BCUT2D eigenvalue weighted by Gasteiger charge is 2.44. The second kappa shape index (κ2) is 7.80. The van der Waals surface area contributed by atoms with Gasteiger partial charge in [0, 0.05) is 5.57 Å². The van der Waals surface area contributed by atoms with Crippen LogP contribution in [0.5, 0.6) is 0 Å². The van der Waals surface area contributed by atoms with Gasteiger partial charge < -0.3 is 25.2 Å². The molecule has 6 nitrogen and oxygen atoms in total. The molecule has 0 aromatic carbocycles. The van der Waals surface area contributed by atoms with E-state index in [1.165, 1.54) is 0 Å². The maximum Gasteiger partial charge on any atom is 0.331 e. The Morgan fingerprint density at radius 3 is 2.42 bits per heavy atom. The van der Waals surface area contributed by atoms with Crippen molar-refractivity contribution >= 4 is 5.97 Å². The minimum atomic E-state index is -1.35. The number of hydrogen-bond donors (Lipinski definition) is 4. The average molecular weight is 368 g/mol. The van der Waals surface area contributed by atoms with Gasteiger partial charge in [0.1, 0.15) is 0 Å². The molecule has 0 amide bonds. The van der Waals surface area contributed by atoms with Crippen LogP contribution in [-0.4, -0.2) is 55.9 Å². The molecule has 0 aliphatic carbocycles. The highest BCUT2D eigenvalue weighted by molar-refractivity contribution is 5.86. The Balaban J connectivity index is 2.29. The smallest absolute Gasteiger partial charge is 0.331 e. The van der Waals surface area contributed by atoms with Gasteiger partial charge in [0.15, 0.2) is 0 Å². The van der Waals surface area contributed by atoms with Crippen LogP contribution in [0.4, 0.5) is 0 Å². The van der Waals surface area contributed by atoms with Crippen LogP contribution in [0.25, 0.3) is 0 Å². The Morgan fingerprint density at radius 1 is 1.15 bits per heavy atom. The van der Waals surface area contributed by atoms with Crippen LogP contribution in [0.1, 0.15) is 58.8 Å². The number of aliphatic hydroxyl groups excluding tert-OH is 2. The summed E-state index contributed by atoms with van der Waals surface area (Å²) in [5, 5.41) is 41.1. The summed E-state index contributed by atoms with van der Waals surface area (Å²) in [5.74, 6) is -1.62. The largest absolute Gasteiger partial charge is 0.478 e. The number of carbonyl (C=O) groups is 1. The molecular formula is C20H32O6. The van der Waals surface area contributed by atoms with E-state index in [-0.39, 0.29) is 24.5 Å². The van der Waals surface area contributed by atoms with Crippen molar-refractivity contribution in [3.63, 3.8) is 0 Å². The molecule has 6 heteroatoms. The summed E-state index contributed by atoms with van der Waals surface area (Å²) < 4.78 is 6.09. The Labute approximate surface area is 155 Å². The fourth-order valence-electron chi connectivity index (χ4n) is 3.95. The first-order valence-electron chi connectivity index (χ1n) is 9.32. The van der Waals surface area contributed by atoms with Gasteiger partial charge in [0.05, 0.1) is 29.5 Å². The van der Waals surface area contributed by atoms with Crippen LogP contribution >= 0.6 is 0 Å². The fraction of sp³-hybridized carbons (Fsp3) is 0.750. The number of hydrogen-bond acceptors (Lipinski definition) is 5. The van der Waals surface area contributed by atoms with Gasteiger partial charge in [-0.05, 0) is 70.3 Å². The predicted octanol–water partition coefficient (Wildman–Crippen LogP) is 2.17. The summed E-state index contributed by atoms with van der Waals surface area (Å²) in [6.07, 6.45) is 0.982. The van der Waals surface area contributed by atoms with Crippen LogP contribution in [0, 0.1) is 5.92 Å². The molecule has 2 aliphatic rings. The fourth-order valence-corrected chi connectivity index (χ4v) is 3.95. The molecule has 0 aromatic rings. The molecule has 4 N–H and O–H groups in total. The van der Waals surface area contributed by atoms with Crippen molar-refractivity contribution in [2.24, 2.45) is 5.92 Å². The lowest BCUT2D eigenvalue weighted by atomic mass is 9.79. The average Bonchev–Trinajstić information content (AvgIpc) is 2.98. The van der Waals surface area contributed by atoms with Crippen LogP contribution in [0.3, 0.4) is 0 Å². The van der Waals surface area contributed by atoms with Crippen LogP contribution in [-0.2, 0) is 9.53 Å². The van der Waals surface area contributed by atoms with E-state index in [9.17, 15) is 25.2 Å². The second-order valence-corrected chi connectivity index (χ2v) is 8.35. The molecule has 2 heterocycles. The number of aliphatic carboxylic acids is 1. The van der Waals surface area contributed by atoms with E-state index in [0.29, 0.717) is 25.7 Å². The topological polar surface area (TPSA) is 107 Å². The second-order valence-electron chi connectivity index (χ2n) is 8.35. The van der Waals surface area contributed by atoms with Crippen LogP contribution < -0.4 is 0 Å². The quantitative estimate of drug-likeness (QED) is 0.440. The molecule has 2 rings (SSSR count). The summed E-state index contributed by atoms with van der Waals surface area (Å²) in [4.78, 5) is 11.4. The van der Waals surface area contributed by atoms with Crippen molar-refractivity contribution in [3.8, 4) is 0 Å². The zero-order valence-corrected chi connectivity index (χ0v) is 15.8. The molecule has 2 fully saturated rings. The summed E-state index contributed by atoms with van der Waals surface area (Å²) in [6.45, 7) is 11.1. The molecule has 0 saturated carbocycles.